The zero-order valence-corrected chi connectivity index (χ0v) is 10.8. The summed E-state index contributed by atoms with van der Waals surface area (Å²) >= 11 is 0. The maximum Gasteiger partial charge on any atom is 0.410 e. The van der Waals surface area contributed by atoms with Gasteiger partial charge in [-0.25, -0.2) is 4.79 Å². The van der Waals surface area contributed by atoms with Gasteiger partial charge in [-0.3, -0.25) is 4.99 Å². The molecule has 0 radical (unpaired) electrons. The van der Waals surface area contributed by atoms with Crippen molar-refractivity contribution in [1.29, 1.82) is 0 Å². The van der Waals surface area contributed by atoms with Crippen LogP contribution in [0.1, 0.15) is 27.2 Å². The highest BCUT2D eigenvalue weighted by Crippen LogP contribution is 2.20. The van der Waals surface area contributed by atoms with Gasteiger partial charge in [0.2, 0.25) is 0 Å². The normalized spacial score (nSPS) is 24.5. The molecule has 2 heterocycles. The molecule has 2 rings (SSSR count). The van der Waals surface area contributed by atoms with Gasteiger partial charge in [0, 0.05) is 25.6 Å². The largest absolute Gasteiger partial charge is 0.444 e. The topological polar surface area (TPSA) is 53.9 Å². The van der Waals surface area contributed by atoms with Crippen LogP contribution in [0.15, 0.2) is 4.99 Å². The molecule has 0 spiro atoms. The molecule has 2 aliphatic rings. The molecule has 2 aliphatic heterocycles. The van der Waals surface area contributed by atoms with Gasteiger partial charge in [-0.15, -0.1) is 0 Å². The second kappa shape index (κ2) is 4.55. The molecule has 0 saturated carbocycles. The average molecular weight is 239 g/mol. The average Bonchev–Trinajstić information content (AvgIpc) is 2.86. The van der Waals surface area contributed by atoms with E-state index >= 15 is 0 Å². The molecule has 0 aromatic carbocycles. The third-order valence-corrected chi connectivity index (χ3v) is 2.93. The zero-order valence-electron chi connectivity index (χ0n) is 10.8. The predicted octanol–water partition coefficient (Wildman–Crippen LogP) is 1.25. The summed E-state index contributed by atoms with van der Waals surface area (Å²) in [5.41, 5.74) is -0.418. The Morgan fingerprint density at radius 2 is 2.29 bits per heavy atom. The van der Waals surface area contributed by atoms with Crippen molar-refractivity contribution in [2.75, 3.05) is 26.2 Å². The van der Waals surface area contributed by atoms with E-state index in [0.717, 1.165) is 38.4 Å². The van der Waals surface area contributed by atoms with E-state index in [4.69, 9.17) is 4.74 Å². The van der Waals surface area contributed by atoms with Gasteiger partial charge in [-0.05, 0) is 27.2 Å². The molecule has 1 unspecified atom stereocenters. The zero-order chi connectivity index (χ0) is 12.5. The van der Waals surface area contributed by atoms with Crippen molar-refractivity contribution >= 4 is 11.9 Å². The van der Waals surface area contributed by atoms with Crippen LogP contribution in [0.5, 0.6) is 0 Å². The molecule has 0 aromatic rings. The van der Waals surface area contributed by atoms with Crippen LogP contribution < -0.4 is 5.32 Å². The van der Waals surface area contributed by atoms with Gasteiger partial charge in [0.15, 0.2) is 0 Å². The van der Waals surface area contributed by atoms with E-state index in [1.807, 2.05) is 20.8 Å². The Labute approximate surface area is 102 Å². The lowest BCUT2D eigenvalue weighted by Gasteiger charge is -2.24. The number of nitrogens with zero attached hydrogens (tertiary/aromatic N) is 2. The third kappa shape index (κ3) is 3.11. The third-order valence-electron chi connectivity index (χ3n) is 2.93. The van der Waals surface area contributed by atoms with Crippen LogP contribution >= 0.6 is 0 Å². The molecule has 17 heavy (non-hydrogen) atoms. The molecule has 1 N–H and O–H groups in total. The summed E-state index contributed by atoms with van der Waals surface area (Å²) in [6.45, 7) is 8.95. The number of aliphatic imine (C=N–C) groups is 1. The standard InChI is InChI=1S/C12H21N3O2/c1-12(2,3)17-11(16)15-7-4-9(8-15)10-13-5-6-14-10/h9H,4-8H2,1-3H3,(H,13,14). The molecule has 1 atom stereocenters. The summed E-state index contributed by atoms with van der Waals surface area (Å²) in [7, 11) is 0. The fourth-order valence-electron chi connectivity index (χ4n) is 2.17. The monoisotopic (exact) mass is 239 g/mol. The Kier molecular flexibility index (Phi) is 3.26. The molecule has 0 bridgehead atoms. The number of amides is 1. The van der Waals surface area contributed by atoms with Crippen molar-refractivity contribution in [1.82, 2.24) is 10.2 Å². The fraction of sp³-hybridized carbons (Fsp3) is 0.833. The summed E-state index contributed by atoms with van der Waals surface area (Å²) in [4.78, 5) is 18.1. The van der Waals surface area contributed by atoms with E-state index in [9.17, 15) is 4.79 Å². The lowest BCUT2D eigenvalue weighted by Crippen LogP contribution is -2.36. The lowest BCUT2D eigenvalue weighted by molar-refractivity contribution is 0.0292. The SMILES string of the molecule is CC(C)(C)OC(=O)N1CCC(C2=NCCN2)C1. The molecule has 0 aromatic heterocycles. The Morgan fingerprint density at radius 1 is 1.53 bits per heavy atom. The summed E-state index contributed by atoms with van der Waals surface area (Å²) < 4.78 is 5.36. The minimum Gasteiger partial charge on any atom is -0.444 e. The summed E-state index contributed by atoms with van der Waals surface area (Å²) in [6, 6.07) is 0. The Balaban J connectivity index is 1.87. The van der Waals surface area contributed by atoms with Crippen molar-refractivity contribution in [3.8, 4) is 0 Å². The van der Waals surface area contributed by atoms with E-state index in [1.54, 1.807) is 4.90 Å². The van der Waals surface area contributed by atoms with E-state index in [1.165, 1.54) is 0 Å². The van der Waals surface area contributed by atoms with Gasteiger partial charge in [-0.2, -0.15) is 0 Å². The number of carbonyl (C=O) groups excluding carboxylic acids is 1. The molecule has 1 amide bonds. The van der Waals surface area contributed by atoms with Crippen molar-refractivity contribution in [2.45, 2.75) is 32.8 Å². The molecule has 1 saturated heterocycles. The minimum atomic E-state index is -0.418. The first kappa shape index (κ1) is 12.2. The first-order valence-corrected chi connectivity index (χ1v) is 6.22. The maximum absolute atomic E-state index is 11.9. The second-order valence-electron chi connectivity index (χ2n) is 5.61. The van der Waals surface area contributed by atoms with Crippen LogP contribution in [0.25, 0.3) is 0 Å². The second-order valence-corrected chi connectivity index (χ2v) is 5.61. The van der Waals surface area contributed by atoms with Crippen LogP contribution in [-0.2, 0) is 4.74 Å². The Morgan fingerprint density at radius 3 is 2.88 bits per heavy atom. The molecule has 96 valence electrons. The summed E-state index contributed by atoms with van der Waals surface area (Å²) in [5, 5.41) is 3.28. The van der Waals surface area contributed by atoms with Crippen LogP contribution in [0.2, 0.25) is 0 Å². The molecular formula is C12H21N3O2. The lowest BCUT2D eigenvalue weighted by atomic mass is 10.1. The first-order valence-electron chi connectivity index (χ1n) is 6.22. The predicted molar refractivity (Wildman–Crippen MR) is 66.2 cm³/mol. The number of rotatable bonds is 1. The first-order chi connectivity index (χ1) is 7.96. The molecule has 1 fully saturated rings. The van der Waals surface area contributed by atoms with Crippen LogP contribution in [-0.4, -0.2) is 48.6 Å². The minimum absolute atomic E-state index is 0.210. The van der Waals surface area contributed by atoms with Crippen LogP contribution in [0, 0.1) is 5.92 Å². The summed E-state index contributed by atoms with van der Waals surface area (Å²) in [5.74, 6) is 1.43. The van der Waals surface area contributed by atoms with E-state index in [0.29, 0.717) is 5.92 Å². The number of likely N-dealkylation sites (tertiary alicyclic amines) is 1. The quantitative estimate of drug-likeness (QED) is 0.749. The van der Waals surface area contributed by atoms with Gasteiger partial charge < -0.3 is 15.0 Å². The van der Waals surface area contributed by atoms with Gasteiger partial charge in [0.1, 0.15) is 11.4 Å². The van der Waals surface area contributed by atoms with E-state index < -0.39 is 5.60 Å². The van der Waals surface area contributed by atoms with E-state index in [-0.39, 0.29) is 6.09 Å². The Bertz CT molecular complexity index is 333. The van der Waals surface area contributed by atoms with Crippen molar-refractivity contribution in [2.24, 2.45) is 10.9 Å². The number of hydrogen-bond donors (Lipinski definition) is 1. The number of nitrogens with one attached hydrogen (secondary N) is 1. The van der Waals surface area contributed by atoms with Crippen molar-refractivity contribution in [3.05, 3.63) is 0 Å². The number of ether oxygens (including phenoxy) is 1. The fourth-order valence-corrected chi connectivity index (χ4v) is 2.17. The van der Waals surface area contributed by atoms with Gasteiger partial charge >= 0.3 is 6.09 Å². The van der Waals surface area contributed by atoms with Crippen LogP contribution in [0.4, 0.5) is 4.79 Å². The number of carbonyl (C=O) groups is 1. The van der Waals surface area contributed by atoms with E-state index in [2.05, 4.69) is 10.3 Å². The highest BCUT2D eigenvalue weighted by Gasteiger charge is 2.32. The van der Waals surface area contributed by atoms with Crippen LogP contribution in [0.3, 0.4) is 0 Å². The smallest absolute Gasteiger partial charge is 0.410 e. The summed E-state index contributed by atoms with van der Waals surface area (Å²) in [6.07, 6.45) is 0.768. The van der Waals surface area contributed by atoms with Crippen molar-refractivity contribution < 1.29 is 9.53 Å². The van der Waals surface area contributed by atoms with Crippen molar-refractivity contribution in [3.63, 3.8) is 0 Å². The maximum atomic E-state index is 11.9. The Hall–Kier alpha value is -1.26. The molecular weight excluding hydrogens is 218 g/mol. The van der Waals surface area contributed by atoms with Gasteiger partial charge in [0.05, 0.1) is 6.54 Å². The molecule has 5 heteroatoms. The number of hydrogen-bond acceptors (Lipinski definition) is 4. The van der Waals surface area contributed by atoms with Gasteiger partial charge in [-0.1, -0.05) is 0 Å². The molecule has 5 nitrogen and oxygen atoms in total. The molecule has 0 aliphatic carbocycles. The highest BCUT2D eigenvalue weighted by molar-refractivity contribution is 5.87. The van der Waals surface area contributed by atoms with Gasteiger partial charge in [0.25, 0.3) is 0 Å². The highest BCUT2D eigenvalue weighted by atomic mass is 16.6. The number of amidine groups is 1.